The minimum absolute atomic E-state index is 0.00686. The highest BCUT2D eigenvalue weighted by Gasteiger charge is 2.38. The first-order valence-electron chi connectivity index (χ1n) is 9.50. The molecule has 0 aliphatic heterocycles. The number of fused-ring (bicyclic) bond motifs is 1. The summed E-state index contributed by atoms with van der Waals surface area (Å²) in [4.78, 5) is 13.7. The number of sulfonamides is 1. The number of nitrogens with one attached hydrogen (secondary N) is 3. The number of carbonyl (C=O) groups excluding carboxylic acids is 1. The molecule has 0 saturated heterocycles. The third kappa shape index (κ3) is 5.03. The molecule has 3 rings (SSSR count). The fraction of sp³-hybridized carbons (Fsp3) is 0.238. The third-order valence-electron chi connectivity index (χ3n) is 4.83. The molecule has 0 radical (unpaired) electrons. The van der Waals surface area contributed by atoms with Crippen LogP contribution >= 0.6 is 0 Å². The van der Waals surface area contributed by atoms with Gasteiger partial charge in [0, 0.05) is 18.1 Å². The zero-order valence-corrected chi connectivity index (χ0v) is 17.7. The molecule has 0 saturated carbocycles. The van der Waals surface area contributed by atoms with Crippen molar-refractivity contribution in [3.05, 3.63) is 59.3 Å². The van der Waals surface area contributed by atoms with Crippen molar-refractivity contribution in [2.24, 2.45) is 0 Å². The van der Waals surface area contributed by atoms with Gasteiger partial charge in [0.1, 0.15) is 6.07 Å². The molecule has 0 unspecified atom stereocenters. The van der Waals surface area contributed by atoms with Gasteiger partial charge in [0.15, 0.2) is 0 Å². The van der Waals surface area contributed by atoms with Crippen LogP contribution in [0.1, 0.15) is 23.1 Å². The van der Waals surface area contributed by atoms with Gasteiger partial charge in [0.25, 0.3) is 10.0 Å². The standard InChI is InChI=1S/C21H19F3N4O3S/c1-13-4-9-17(19-18(13)15(11-25)12-27-19)28-32(30,31)16-7-5-14(6-8-16)3-2-10-26-20(29)21(22,23)24/h4-9,12,27-28H,2-3,10H2,1H3,(H,26,29). The number of nitriles is 1. The number of H-pyrrole nitrogens is 1. The average molecular weight is 464 g/mol. The Morgan fingerprint density at radius 3 is 2.47 bits per heavy atom. The fourth-order valence-corrected chi connectivity index (χ4v) is 4.30. The number of alkyl halides is 3. The Hall–Kier alpha value is -3.52. The van der Waals surface area contributed by atoms with E-state index in [0.717, 1.165) is 5.56 Å². The summed E-state index contributed by atoms with van der Waals surface area (Å²) in [6.45, 7) is 1.67. The molecule has 1 aromatic heterocycles. The van der Waals surface area contributed by atoms with Crippen LogP contribution in [0, 0.1) is 18.3 Å². The molecule has 32 heavy (non-hydrogen) atoms. The average Bonchev–Trinajstić information content (AvgIpc) is 3.18. The Morgan fingerprint density at radius 2 is 1.84 bits per heavy atom. The number of hydrogen-bond acceptors (Lipinski definition) is 4. The number of aromatic amines is 1. The van der Waals surface area contributed by atoms with Crippen LogP contribution in [0.4, 0.5) is 18.9 Å². The summed E-state index contributed by atoms with van der Waals surface area (Å²) in [7, 11) is -3.92. The lowest BCUT2D eigenvalue weighted by Gasteiger charge is -2.11. The van der Waals surface area contributed by atoms with Crippen LogP contribution < -0.4 is 10.0 Å². The van der Waals surface area contributed by atoms with Crippen molar-refractivity contribution >= 4 is 32.5 Å². The van der Waals surface area contributed by atoms with Crippen molar-refractivity contribution in [2.45, 2.75) is 30.8 Å². The number of aryl methyl sites for hydroxylation is 2. The maximum atomic E-state index is 12.8. The Labute approximate surface area is 182 Å². The van der Waals surface area contributed by atoms with E-state index in [0.29, 0.717) is 34.1 Å². The second kappa shape index (κ2) is 8.92. The lowest BCUT2D eigenvalue weighted by Crippen LogP contribution is -2.37. The molecule has 2 aromatic carbocycles. The summed E-state index contributed by atoms with van der Waals surface area (Å²) in [6, 6.07) is 11.3. The lowest BCUT2D eigenvalue weighted by molar-refractivity contribution is -0.173. The van der Waals surface area contributed by atoms with Crippen LogP contribution in [0.15, 0.2) is 47.5 Å². The van der Waals surface area contributed by atoms with Crippen molar-refractivity contribution in [1.29, 1.82) is 5.26 Å². The van der Waals surface area contributed by atoms with Crippen LogP contribution in [-0.2, 0) is 21.2 Å². The van der Waals surface area contributed by atoms with Gasteiger partial charge >= 0.3 is 12.1 Å². The molecular weight excluding hydrogens is 445 g/mol. The summed E-state index contributed by atoms with van der Waals surface area (Å²) in [5.74, 6) is -1.99. The fourth-order valence-electron chi connectivity index (χ4n) is 3.23. The van der Waals surface area contributed by atoms with E-state index < -0.39 is 22.1 Å². The number of anilines is 1. The quantitative estimate of drug-likeness (QED) is 0.462. The van der Waals surface area contributed by atoms with Gasteiger partial charge in [-0.1, -0.05) is 18.2 Å². The van der Waals surface area contributed by atoms with Crippen LogP contribution in [0.25, 0.3) is 10.9 Å². The second-order valence-corrected chi connectivity index (χ2v) is 8.78. The van der Waals surface area contributed by atoms with Crippen LogP contribution in [0.2, 0.25) is 0 Å². The molecule has 3 aromatic rings. The van der Waals surface area contributed by atoms with E-state index in [4.69, 9.17) is 0 Å². The number of halogens is 3. The molecule has 1 heterocycles. The van der Waals surface area contributed by atoms with E-state index in [-0.39, 0.29) is 17.9 Å². The number of rotatable bonds is 7. The van der Waals surface area contributed by atoms with Gasteiger partial charge in [0.2, 0.25) is 0 Å². The Balaban J connectivity index is 1.68. The van der Waals surface area contributed by atoms with Crippen molar-refractivity contribution < 1.29 is 26.4 Å². The predicted molar refractivity (Wildman–Crippen MR) is 112 cm³/mol. The van der Waals surface area contributed by atoms with E-state index in [2.05, 4.69) is 15.8 Å². The van der Waals surface area contributed by atoms with Crippen molar-refractivity contribution in [1.82, 2.24) is 10.3 Å². The zero-order valence-electron chi connectivity index (χ0n) is 16.9. The second-order valence-electron chi connectivity index (χ2n) is 7.10. The third-order valence-corrected chi connectivity index (χ3v) is 6.21. The molecule has 7 nitrogen and oxygen atoms in total. The highest BCUT2D eigenvalue weighted by molar-refractivity contribution is 7.92. The first-order valence-corrected chi connectivity index (χ1v) is 11.0. The number of carbonyl (C=O) groups is 1. The van der Waals surface area contributed by atoms with Crippen molar-refractivity contribution in [3.8, 4) is 6.07 Å². The van der Waals surface area contributed by atoms with E-state index in [1.165, 1.54) is 18.3 Å². The molecule has 168 valence electrons. The Morgan fingerprint density at radius 1 is 1.16 bits per heavy atom. The molecule has 0 fully saturated rings. The minimum Gasteiger partial charge on any atom is -0.358 e. The normalized spacial score (nSPS) is 11.8. The highest BCUT2D eigenvalue weighted by Crippen LogP contribution is 2.30. The van der Waals surface area contributed by atoms with Crippen LogP contribution in [0.5, 0.6) is 0 Å². The first-order chi connectivity index (χ1) is 15.0. The largest absolute Gasteiger partial charge is 0.471 e. The number of benzene rings is 2. The SMILES string of the molecule is Cc1ccc(NS(=O)(=O)c2ccc(CCCNC(=O)C(F)(F)F)cc2)c2[nH]cc(C#N)c12. The van der Waals surface area contributed by atoms with E-state index >= 15 is 0 Å². The van der Waals surface area contributed by atoms with Gasteiger partial charge < -0.3 is 10.3 Å². The molecule has 11 heteroatoms. The molecule has 1 amide bonds. The van der Waals surface area contributed by atoms with E-state index in [1.54, 1.807) is 29.6 Å². The summed E-state index contributed by atoms with van der Waals surface area (Å²) < 4.78 is 64.6. The molecule has 0 spiro atoms. The Bertz CT molecular complexity index is 1290. The van der Waals surface area contributed by atoms with E-state index in [9.17, 15) is 31.6 Å². The molecule has 0 atom stereocenters. The van der Waals surface area contributed by atoms with Crippen molar-refractivity contribution in [2.75, 3.05) is 11.3 Å². The van der Waals surface area contributed by atoms with Crippen LogP contribution in [-0.4, -0.2) is 32.0 Å². The summed E-state index contributed by atoms with van der Waals surface area (Å²) in [6.07, 6.45) is -2.77. The first kappa shape index (κ1) is 23.1. The molecule has 3 N–H and O–H groups in total. The molecule has 0 aliphatic carbocycles. The zero-order chi connectivity index (χ0) is 23.5. The van der Waals surface area contributed by atoms with Crippen LogP contribution in [0.3, 0.4) is 0 Å². The maximum Gasteiger partial charge on any atom is 0.471 e. The number of amides is 1. The predicted octanol–water partition coefficient (Wildman–Crippen LogP) is 3.76. The van der Waals surface area contributed by atoms with E-state index in [1.807, 2.05) is 6.92 Å². The van der Waals surface area contributed by atoms with Crippen molar-refractivity contribution in [3.63, 3.8) is 0 Å². The number of hydrogen-bond donors (Lipinski definition) is 3. The Kier molecular flexibility index (Phi) is 6.45. The highest BCUT2D eigenvalue weighted by atomic mass is 32.2. The molecule has 0 aliphatic rings. The summed E-state index contributed by atoms with van der Waals surface area (Å²) in [5, 5.41) is 11.7. The maximum absolute atomic E-state index is 12.8. The van der Waals surface area contributed by atoms with Gasteiger partial charge in [-0.3, -0.25) is 9.52 Å². The molecule has 0 bridgehead atoms. The van der Waals surface area contributed by atoms with Gasteiger partial charge in [-0.15, -0.1) is 0 Å². The minimum atomic E-state index is -4.91. The number of aromatic nitrogens is 1. The lowest BCUT2D eigenvalue weighted by atomic mass is 10.1. The summed E-state index contributed by atoms with van der Waals surface area (Å²) >= 11 is 0. The topological polar surface area (TPSA) is 115 Å². The summed E-state index contributed by atoms with van der Waals surface area (Å²) in [5.41, 5.74) is 2.76. The van der Waals surface area contributed by atoms with Gasteiger partial charge in [-0.2, -0.15) is 18.4 Å². The smallest absolute Gasteiger partial charge is 0.358 e. The monoisotopic (exact) mass is 464 g/mol. The number of nitrogens with zero attached hydrogens (tertiary/aromatic N) is 1. The van der Waals surface area contributed by atoms with Gasteiger partial charge in [0.05, 0.1) is 21.7 Å². The molecular formula is C21H19F3N4O3S. The van der Waals surface area contributed by atoms with Gasteiger partial charge in [-0.25, -0.2) is 8.42 Å². The van der Waals surface area contributed by atoms with Gasteiger partial charge in [-0.05, 0) is 49.1 Å².